The van der Waals surface area contributed by atoms with Crippen molar-refractivity contribution in [3.8, 4) is 0 Å². The zero-order valence-corrected chi connectivity index (χ0v) is 14.3. The molecule has 1 atom stereocenters. The molecular formula is C15H15FIN3O2. The second-order valence-corrected chi connectivity index (χ2v) is 7.64. The predicted molar refractivity (Wildman–Crippen MR) is 92.6 cm³/mol. The summed E-state index contributed by atoms with van der Waals surface area (Å²) in [5.41, 5.74) is 1.89. The molecule has 1 aromatic heterocycles. The Morgan fingerprint density at radius 1 is 1.55 bits per heavy atom. The van der Waals surface area contributed by atoms with Crippen LogP contribution in [0.4, 0.5) is 4.39 Å². The third kappa shape index (κ3) is 2.69. The van der Waals surface area contributed by atoms with Crippen LogP contribution in [0.3, 0.4) is 0 Å². The van der Waals surface area contributed by atoms with Crippen LogP contribution in [0.5, 0.6) is 0 Å². The standard InChI is InChI=1S/C15H15FIN3O2/c1-8-3-4-12-10(8)5-11(14(22)20(12)2)13(21)19-15-17-6-9(16)7-18-15/h5-8H,3-4H2,1-2H3,(H,18,19,21)/t8-/m0/s1. The van der Waals surface area contributed by atoms with Crippen LogP contribution < -0.4 is 10.9 Å². The van der Waals surface area contributed by atoms with E-state index in [2.05, 4.69) is 17.2 Å². The first-order valence-corrected chi connectivity index (χ1v) is 9.24. The molecule has 0 spiro atoms. The van der Waals surface area contributed by atoms with Crippen molar-refractivity contribution < 1.29 is 9.18 Å². The van der Waals surface area contributed by atoms with Crippen LogP contribution in [0.2, 0.25) is 0 Å². The summed E-state index contributed by atoms with van der Waals surface area (Å²) in [6, 6.07) is 1.70. The number of pyridine rings is 1. The Kier molecular flexibility index (Phi) is 4.07. The van der Waals surface area contributed by atoms with Gasteiger partial charge in [-0.25, -0.2) is 9.38 Å². The average Bonchev–Trinajstić information content (AvgIpc) is 2.86. The SMILES string of the molecule is C[C@H]1CCc2c1cc(C(=O)NC1=IC=C(F)C=N1)c(=O)n2C. The highest BCUT2D eigenvalue weighted by Gasteiger charge is 2.25. The van der Waals surface area contributed by atoms with E-state index in [9.17, 15) is 14.0 Å². The molecular weight excluding hydrogens is 400 g/mol. The van der Waals surface area contributed by atoms with Gasteiger partial charge in [0.2, 0.25) is 0 Å². The van der Waals surface area contributed by atoms with Gasteiger partial charge < -0.3 is 9.88 Å². The van der Waals surface area contributed by atoms with Gasteiger partial charge >= 0.3 is 0 Å². The Morgan fingerprint density at radius 3 is 3.00 bits per heavy atom. The van der Waals surface area contributed by atoms with Crippen molar-refractivity contribution >= 4 is 36.6 Å². The molecule has 5 nitrogen and oxygen atoms in total. The lowest BCUT2D eigenvalue weighted by Gasteiger charge is -2.12. The summed E-state index contributed by atoms with van der Waals surface area (Å²) in [6.07, 6.45) is 2.92. The van der Waals surface area contributed by atoms with Gasteiger partial charge in [-0.1, -0.05) is 6.92 Å². The first-order valence-electron chi connectivity index (χ1n) is 6.91. The summed E-state index contributed by atoms with van der Waals surface area (Å²) in [5, 5.41) is 2.63. The van der Waals surface area contributed by atoms with E-state index in [1.807, 2.05) is 0 Å². The van der Waals surface area contributed by atoms with Crippen molar-refractivity contribution in [2.24, 2.45) is 12.0 Å². The van der Waals surface area contributed by atoms with Gasteiger partial charge in [0.15, 0.2) is 3.76 Å². The van der Waals surface area contributed by atoms with Gasteiger partial charge in [0, 0.05) is 16.8 Å². The van der Waals surface area contributed by atoms with Gasteiger partial charge in [0.25, 0.3) is 11.5 Å². The van der Waals surface area contributed by atoms with E-state index in [1.54, 1.807) is 17.7 Å². The minimum atomic E-state index is -0.809. The number of nitrogens with one attached hydrogen (secondary N) is 1. The molecule has 0 fully saturated rings. The van der Waals surface area contributed by atoms with Crippen LogP contribution in [-0.2, 0) is 13.5 Å². The number of carbonyl (C=O) groups is 1. The topological polar surface area (TPSA) is 63.5 Å². The van der Waals surface area contributed by atoms with Crippen molar-refractivity contribution in [1.29, 1.82) is 0 Å². The van der Waals surface area contributed by atoms with E-state index in [0.29, 0.717) is 9.67 Å². The number of hydrogen-bond donors (Lipinski definition) is 1. The fraction of sp³-hybridized carbons (Fsp3) is 0.333. The van der Waals surface area contributed by atoms with Crippen LogP contribution in [0.15, 0.2) is 25.8 Å². The summed E-state index contributed by atoms with van der Waals surface area (Å²) in [4.78, 5) is 28.6. The molecule has 2 aliphatic rings. The van der Waals surface area contributed by atoms with Crippen LogP contribution in [0, 0.1) is 0 Å². The van der Waals surface area contributed by atoms with Gasteiger partial charge in [-0.2, -0.15) is 0 Å². The summed E-state index contributed by atoms with van der Waals surface area (Å²) in [5.74, 6) is -0.503. The quantitative estimate of drug-likeness (QED) is 0.753. The van der Waals surface area contributed by atoms with Gasteiger partial charge in [-0.3, -0.25) is 9.59 Å². The van der Waals surface area contributed by atoms with E-state index in [4.69, 9.17) is 0 Å². The summed E-state index contributed by atoms with van der Waals surface area (Å²) in [7, 11) is 1.70. The van der Waals surface area contributed by atoms with Crippen molar-refractivity contribution in [3.05, 3.63) is 43.2 Å². The maximum absolute atomic E-state index is 12.9. The second-order valence-electron chi connectivity index (χ2n) is 5.37. The monoisotopic (exact) mass is 415 g/mol. The molecule has 116 valence electrons. The minimum absolute atomic E-state index is 0.122. The Hall–Kier alpha value is -1.64. The van der Waals surface area contributed by atoms with Crippen molar-refractivity contribution in [2.45, 2.75) is 25.7 Å². The van der Waals surface area contributed by atoms with Crippen LogP contribution in [0.25, 0.3) is 0 Å². The molecule has 1 N–H and O–H groups in total. The molecule has 0 saturated carbocycles. The second kappa shape index (κ2) is 5.86. The molecule has 2 heterocycles. The first-order chi connectivity index (χ1) is 10.5. The molecule has 0 unspecified atom stereocenters. The highest BCUT2D eigenvalue weighted by Crippen LogP contribution is 2.31. The molecule has 1 aliphatic carbocycles. The average molecular weight is 415 g/mol. The number of carbonyl (C=O) groups excluding carboxylic acids is 1. The van der Waals surface area contributed by atoms with Crippen LogP contribution >= 0.6 is 20.7 Å². The highest BCUT2D eigenvalue weighted by molar-refractivity contribution is 14.2. The van der Waals surface area contributed by atoms with Gasteiger partial charge in [0.1, 0.15) is 11.4 Å². The van der Waals surface area contributed by atoms with E-state index in [1.165, 1.54) is 4.08 Å². The molecule has 1 aromatic rings. The fourth-order valence-electron chi connectivity index (χ4n) is 2.71. The Morgan fingerprint density at radius 2 is 2.32 bits per heavy atom. The number of nitrogens with zero attached hydrogens (tertiary/aromatic N) is 2. The van der Waals surface area contributed by atoms with Crippen molar-refractivity contribution in [1.82, 2.24) is 9.88 Å². The van der Waals surface area contributed by atoms with E-state index in [0.717, 1.165) is 30.3 Å². The number of rotatable bonds is 2. The van der Waals surface area contributed by atoms with Crippen LogP contribution in [-0.4, -0.2) is 20.4 Å². The third-order valence-corrected chi connectivity index (χ3v) is 5.99. The molecule has 22 heavy (non-hydrogen) atoms. The number of aromatic nitrogens is 1. The minimum Gasteiger partial charge on any atom is -0.315 e. The number of halogens is 2. The molecule has 1 amide bonds. The largest absolute Gasteiger partial charge is 0.315 e. The summed E-state index contributed by atoms with van der Waals surface area (Å²) < 4.78 is 16.3. The summed E-state index contributed by atoms with van der Waals surface area (Å²) in [6.45, 7) is 2.09. The van der Waals surface area contributed by atoms with Crippen molar-refractivity contribution in [3.63, 3.8) is 0 Å². The number of amides is 1. The Balaban J connectivity index is 1.94. The zero-order valence-electron chi connectivity index (χ0n) is 12.2. The fourth-order valence-corrected chi connectivity index (χ4v) is 4.16. The predicted octanol–water partition coefficient (Wildman–Crippen LogP) is 2.12. The lowest BCUT2D eigenvalue weighted by Crippen LogP contribution is -2.35. The molecule has 1 aliphatic heterocycles. The smallest absolute Gasteiger partial charge is 0.263 e. The van der Waals surface area contributed by atoms with E-state index >= 15 is 0 Å². The Bertz CT molecular complexity index is 808. The third-order valence-electron chi connectivity index (χ3n) is 3.94. The lowest BCUT2D eigenvalue weighted by atomic mass is 10.0. The number of allylic oxidation sites excluding steroid dienone is 1. The van der Waals surface area contributed by atoms with Gasteiger partial charge in [0.05, 0.1) is 6.21 Å². The van der Waals surface area contributed by atoms with Gasteiger partial charge in [-0.05, 0) is 51.1 Å². The molecule has 3 rings (SSSR count). The normalized spacial score (nSPS) is 19.9. The van der Waals surface area contributed by atoms with E-state index < -0.39 is 26.6 Å². The number of aliphatic imine (C=N–C) groups is 1. The zero-order chi connectivity index (χ0) is 15.9. The van der Waals surface area contributed by atoms with E-state index in [-0.39, 0.29) is 16.9 Å². The summed E-state index contributed by atoms with van der Waals surface area (Å²) >= 11 is -0.809. The molecule has 0 radical (unpaired) electrons. The Labute approximate surface area is 136 Å². The van der Waals surface area contributed by atoms with Gasteiger partial charge in [-0.15, -0.1) is 0 Å². The first kappa shape index (κ1) is 15.3. The molecule has 0 saturated heterocycles. The lowest BCUT2D eigenvalue weighted by molar-refractivity contribution is 0.0975. The highest BCUT2D eigenvalue weighted by atomic mass is 127. The molecule has 0 aromatic carbocycles. The van der Waals surface area contributed by atoms with Crippen LogP contribution in [0.1, 0.15) is 40.9 Å². The maximum Gasteiger partial charge on any atom is 0.263 e. The van der Waals surface area contributed by atoms with Crippen molar-refractivity contribution in [2.75, 3.05) is 0 Å². The molecule has 7 heteroatoms. The number of hydrogen-bond acceptors (Lipinski definition) is 3. The molecule has 0 bridgehead atoms. The number of fused-ring (bicyclic) bond motifs is 1. The maximum atomic E-state index is 12.9.